The van der Waals surface area contributed by atoms with Gasteiger partial charge in [-0.2, -0.15) is 0 Å². The molecule has 116 valence electrons. The molecule has 2 aliphatic heterocycles. The van der Waals surface area contributed by atoms with Crippen molar-refractivity contribution in [3.8, 4) is 0 Å². The molecule has 2 fully saturated rings. The number of carbonyl (C=O) groups excluding carboxylic acids is 1. The number of hydrogen-bond acceptors (Lipinski definition) is 5. The lowest BCUT2D eigenvalue weighted by molar-refractivity contribution is 0.0912. The van der Waals surface area contributed by atoms with Crippen LogP contribution in [0.15, 0.2) is 6.20 Å². The van der Waals surface area contributed by atoms with Gasteiger partial charge in [0.15, 0.2) is 5.69 Å². The second-order valence-corrected chi connectivity index (χ2v) is 6.25. The summed E-state index contributed by atoms with van der Waals surface area (Å²) in [6.07, 6.45) is 6.64. The molecule has 0 radical (unpaired) electrons. The molecule has 0 saturated carbocycles. The Balaban J connectivity index is 1.49. The molecule has 2 bridgehead atoms. The normalized spacial score (nSPS) is 28.8. The maximum atomic E-state index is 12.1. The van der Waals surface area contributed by atoms with Crippen LogP contribution in [0.4, 0.5) is 0 Å². The van der Waals surface area contributed by atoms with Crippen molar-refractivity contribution in [2.75, 3.05) is 20.1 Å². The van der Waals surface area contributed by atoms with E-state index in [0.29, 0.717) is 36.8 Å². The number of aromatic nitrogens is 3. The SMILES string of the molecule is CN1C2CCC1CC(CNC(=O)c1cn(CCN)nn1)C2. The van der Waals surface area contributed by atoms with Crippen LogP contribution in [0.3, 0.4) is 0 Å². The zero-order chi connectivity index (χ0) is 14.8. The number of fused-ring (bicyclic) bond motifs is 2. The second-order valence-electron chi connectivity index (χ2n) is 6.25. The molecule has 3 heterocycles. The van der Waals surface area contributed by atoms with E-state index in [1.165, 1.54) is 25.7 Å². The van der Waals surface area contributed by atoms with Crippen molar-refractivity contribution in [3.05, 3.63) is 11.9 Å². The monoisotopic (exact) mass is 292 g/mol. The largest absolute Gasteiger partial charge is 0.350 e. The summed E-state index contributed by atoms with van der Waals surface area (Å²) in [7, 11) is 2.23. The van der Waals surface area contributed by atoms with E-state index in [9.17, 15) is 4.79 Å². The lowest BCUT2D eigenvalue weighted by atomic mass is 9.91. The van der Waals surface area contributed by atoms with Crippen LogP contribution in [0.1, 0.15) is 36.2 Å². The molecule has 2 atom stereocenters. The van der Waals surface area contributed by atoms with E-state index in [-0.39, 0.29) is 5.91 Å². The minimum Gasteiger partial charge on any atom is -0.350 e. The van der Waals surface area contributed by atoms with E-state index in [4.69, 9.17) is 5.73 Å². The van der Waals surface area contributed by atoms with E-state index in [1.807, 2.05) is 0 Å². The number of nitrogens with zero attached hydrogens (tertiary/aromatic N) is 4. The number of carbonyl (C=O) groups is 1. The number of piperidine rings is 1. The number of nitrogens with two attached hydrogens (primary N) is 1. The first kappa shape index (κ1) is 14.5. The lowest BCUT2D eigenvalue weighted by Gasteiger charge is -2.36. The number of hydrogen-bond donors (Lipinski definition) is 2. The minimum atomic E-state index is -0.135. The summed E-state index contributed by atoms with van der Waals surface area (Å²) in [5, 5.41) is 10.8. The molecule has 7 heteroatoms. The van der Waals surface area contributed by atoms with Gasteiger partial charge in [0.05, 0.1) is 12.7 Å². The van der Waals surface area contributed by atoms with Gasteiger partial charge in [-0.1, -0.05) is 5.21 Å². The maximum absolute atomic E-state index is 12.1. The van der Waals surface area contributed by atoms with E-state index in [0.717, 1.165) is 6.54 Å². The minimum absolute atomic E-state index is 0.135. The number of rotatable bonds is 5. The Bertz CT molecular complexity index is 487. The van der Waals surface area contributed by atoms with Gasteiger partial charge in [0.2, 0.25) is 0 Å². The van der Waals surface area contributed by atoms with Crippen LogP contribution < -0.4 is 11.1 Å². The maximum Gasteiger partial charge on any atom is 0.273 e. The molecule has 1 aromatic heterocycles. The Hall–Kier alpha value is -1.47. The summed E-state index contributed by atoms with van der Waals surface area (Å²) in [4.78, 5) is 14.6. The predicted octanol–water partition coefficient (Wildman–Crippen LogP) is -0.161. The van der Waals surface area contributed by atoms with E-state index < -0.39 is 0 Å². The Morgan fingerprint density at radius 3 is 2.81 bits per heavy atom. The molecule has 1 aromatic rings. The Morgan fingerprint density at radius 2 is 2.14 bits per heavy atom. The fourth-order valence-corrected chi connectivity index (χ4v) is 3.66. The summed E-state index contributed by atoms with van der Waals surface area (Å²) in [5.74, 6) is 0.450. The van der Waals surface area contributed by atoms with Gasteiger partial charge in [-0.05, 0) is 38.6 Å². The topological polar surface area (TPSA) is 89.1 Å². The van der Waals surface area contributed by atoms with Crippen LogP contribution >= 0.6 is 0 Å². The van der Waals surface area contributed by atoms with Crippen LogP contribution in [-0.2, 0) is 6.54 Å². The van der Waals surface area contributed by atoms with Crippen LogP contribution in [0, 0.1) is 5.92 Å². The highest BCUT2D eigenvalue weighted by Crippen LogP contribution is 2.36. The summed E-state index contributed by atoms with van der Waals surface area (Å²) in [6, 6.07) is 1.41. The first-order valence-electron chi connectivity index (χ1n) is 7.77. The molecule has 3 rings (SSSR count). The van der Waals surface area contributed by atoms with E-state index in [2.05, 4.69) is 27.6 Å². The van der Waals surface area contributed by atoms with Crippen LogP contribution in [0.5, 0.6) is 0 Å². The van der Waals surface area contributed by atoms with Gasteiger partial charge in [-0.3, -0.25) is 9.48 Å². The third-order valence-electron chi connectivity index (χ3n) is 4.88. The molecule has 3 N–H and O–H groups in total. The highest BCUT2D eigenvalue weighted by Gasteiger charge is 2.38. The van der Waals surface area contributed by atoms with Crippen molar-refractivity contribution >= 4 is 5.91 Å². The molecule has 0 spiro atoms. The van der Waals surface area contributed by atoms with Crippen LogP contribution in [0.25, 0.3) is 0 Å². The summed E-state index contributed by atoms with van der Waals surface area (Å²) < 4.78 is 1.60. The molecule has 2 saturated heterocycles. The van der Waals surface area contributed by atoms with Gasteiger partial charge in [-0.25, -0.2) is 0 Å². The molecule has 7 nitrogen and oxygen atoms in total. The quantitative estimate of drug-likeness (QED) is 0.787. The number of amides is 1. The first-order chi connectivity index (χ1) is 10.2. The molecule has 1 amide bonds. The highest BCUT2D eigenvalue weighted by molar-refractivity contribution is 5.91. The van der Waals surface area contributed by atoms with Crippen molar-refractivity contribution in [1.29, 1.82) is 0 Å². The van der Waals surface area contributed by atoms with E-state index in [1.54, 1.807) is 10.9 Å². The molecule has 21 heavy (non-hydrogen) atoms. The van der Waals surface area contributed by atoms with Crippen molar-refractivity contribution in [3.63, 3.8) is 0 Å². The van der Waals surface area contributed by atoms with Crippen molar-refractivity contribution in [1.82, 2.24) is 25.2 Å². The third kappa shape index (κ3) is 3.08. The molecular formula is C14H24N6O. The Labute approximate surface area is 124 Å². The standard InChI is InChI=1S/C14H24N6O/c1-19-11-2-3-12(19)7-10(6-11)8-16-14(21)13-9-20(5-4-15)18-17-13/h9-12H,2-8,15H2,1H3,(H,16,21). The van der Waals surface area contributed by atoms with Crippen molar-refractivity contribution in [2.45, 2.75) is 44.3 Å². The smallest absolute Gasteiger partial charge is 0.273 e. The molecule has 2 aliphatic rings. The fourth-order valence-electron chi connectivity index (χ4n) is 3.66. The summed E-state index contributed by atoms with van der Waals surface area (Å²) >= 11 is 0. The highest BCUT2D eigenvalue weighted by atomic mass is 16.2. The molecule has 0 aliphatic carbocycles. The Morgan fingerprint density at radius 1 is 1.43 bits per heavy atom. The number of nitrogens with one attached hydrogen (secondary N) is 1. The first-order valence-corrected chi connectivity index (χ1v) is 7.77. The Kier molecular flexibility index (Phi) is 4.21. The predicted molar refractivity (Wildman–Crippen MR) is 78.7 cm³/mol. The van der Waals surface area contributed by atoms with Gasteiger partial charge < -0.3 is 16.0 Å². The van der Waals surface area contributed by atoms with Crippen LogP contribution in [0.2, 0.25) is 0 Å². The second kappa shape index (κ2) is 6.11. The fraction of sp³-hybridized carbons (Fsp3) is 0.786. The zero-order valence-electron chi connectivity index (χ0n) is 12.5. The average Bonchev–Trinajstić information content (AvgIpc) is 2.99. The summed E-state index contributed by atoms with van der Waals surface area (Å²) in [6.45, 7) is 1.81. The summed E-state index contributed by atoms with van der Waals surface area (Å²) in [5.41, 5.74) is 5.83. The van der Waals surface area contributed by atoms with Gasteiger partial charge in [-0.15, -0.1) is 5.10 Å². The molecular weight excluding hydrogens is 268 g/mol. The van der Waals surface area contributed by atoms with Gasteiger partial charge in [0.1, 0.15) is 0 Å². The zero-order valence-corrected chi connectivity index (χ0v) is 12.5. The van der Waals surface area contributed by atoms with Gasteiger partial charge in [0, 0.05) is 25.2 Å². The lowest BCUT2D eigenvalue weighted by Crippen LogP contribution is -2.43. The average molecular weight is 292 g/mol. The van der Waals surface area contributed by atoms with E-state index >= 15 is 0 Å². The van der Waals surface area contributed by atoms with Gasteiger partial charge in [0.25, 0.3) is 5.91 Å². The molecule has 0 aromatic carbocycles. The van der Waals surface area contributed by atoms with Crippen LogP contribution in [-0.4, -0.2) is 58.0 Å². The van der Waals surface area contributed by atoms with Gasteiger partial charge >= 0.3 is 0 Å². The third-order valence-corrected chi connectivity index (χ3v) is 4.88. The van der Waals surface area contributed by atoms with Crippen molar-refractivity contribution in [2.24, 2.45) is 11.7 Å². The van der Waals surface area contributed by atoms with Crippen molar-refractivity contribution < 1.29 is 4.79 Å². The molecule has 2 unspecified atom stereocenters.